The Morgan fingerprint density at radius 1 is 1.48 bits per heavy atom. The molecule has 0 aliphatic carbocycles. The number of urea groups is 1. The van der Waals surface area contributed by atoms with Gasteiger partial charge in [0.05, 0.1) is 11.6 Å². The van der Waals surface area contributed by atoms with Gasteiger partial charge in [-0.15, -0.1) is 0 Å². The van der Waals surface area contributed by atoms with Gasteiger partial charge in [0.2, 0.25) is 0 Å². The van der Waals surface area contributed by atoms with Crippen LogP contribution in [0.3, 0.4) is 0 Å². The van der Waals surface area contributed by atoms with E-state index in [-0.39, 0.29) is 35.7 Å². The van der Waals surface area contributed by atoms with Gasteiger partial charge in [0.25, 0.3) is 0 Å². The van der Waals surface area contributed by atoms with Crippen LogP contribution in [0.5, 0.6) is 5.75 Å². The molecule has 0 aliphatic heterocycles. The molecule has 0 unspecified atom stereocenters. The molecule has 0 heterocycles. The van der Waals surface area contributed by atoms with Gasteiger partial charge in [0, 0.05) is 24.3 Å². The zero-order valence-electron chi connectivity index (χ0n) is 11.6. The number of carbonyl (C=O) groups excluding carboxylic acids is 1. The Morgan fingerprint density at radius 3 is 2.67 bits per heavy atom. The molecule has 0 saturated carbocycles. The van der Waals surface area contributed by atoms with E-state index in [9.17, 15) is 13.6 Å². The van der Waals surface area contributed by atoms with Crippen molar-refractivity contribution < 1.29 is 23.4 Å². The third-order valence-corrected chi connectivity index (χ3v) is 2.94. The quantitative estimate of drug-likeness (QED) is 0.845. The van der Waals surface area contributed by atoms with Gasteiger partial charge in [0.1, 0.15) is 5.75 Å². The summed E-state index contributed by atoms with van der Waals surface area (Å²) in [6, 6.07) is 3.45. The minimum absolute atomic E-state index is 0.0179. The lowest BCUT2D eigenvalue weighted by molar-refractivity contribution is -0.0497. The highest BCUT2D eigenvalue weighted by atomic mass is 35.5. The van der Waals surface area contributed by atoms with Gasteiger partial charge in [-0.1, -0.05) is 11.6 Å². The number of nitrogens with one attached hydrogen (secondary N) is 1. The standard InChI is InChI=1S/C13H17ClF2N2O3/c1-8(2)18(5-6-19)13(20)17-9-3-4-10(14)11(7-9)21-12(15)16/h3-4,7-8,12,19H,5-6H2,1-2H3,(H,17,20). The van der Waals surface area contributed by atoms with Crippen LogP contribution in [-0.2, 0) is 0 Å². The van der Waals surface area contributed by atoms with E-state index in [1.165, 1.54) is 23.1 Å². The second-order valence-electron chi connectivity index (χ2n) is 4.46. The van der Waals surface area contributed by atoms with Crippen LogP contribution in [0.25, 0.3) is 0 Å². The van der Waals surface area contributed by atoms with E-state index in [0.717, 1.165) is 0 Å². The van der Waals surface area contributed by atoms with Crippen molar-refractivity contribution in [2.75, 3.05) is 18.5 Å². The van der Waals surface area contributed by atoms with Crippen molar-refractivity contribution in [3.63, 3.8) is 0 Å². The maximum Gasteiger partial charge on any atom is 0.387 e. The molecule has 0 aliphatic rings. The van der Waals surface area contributed by atoms with Crippen molar-refractivity contribution in [1.29, 1.82) is 0 Å². The van der Waals surface area contributed by atoms with E-state index in [4.69, 9.17) is 16.7 Å². The van der Waals surface area contributed by atoms with Crippen molar-refractivity contribution in [1.82, 2.24) is 4.90 Å². The summed E-state index contributed by atoms with van der Waals surface area (Å²) in [5.74, 6) is -0.220. The molecular weight excluding hydrogens is 306 g/mol. The van der Waals surface area contributed by atoms with Crippen molar-refractivity contribution >= 4 is 23.3 Å². The molecule has 0 radical (unpaired) electrons. The van der Waals surface area contributed by atoms with Gasteiger partial charge in [0.15, 0.2) is 0 Å². The summed E-state index contributed by atoms with van der Waals surface area (Å²) < 4.78 is 28.7. The smallest absolute Gasteiger partial charge is 0.387 e. The Balaban J connectivity index is 2.84. The summed E-state index contributed by atoms with van der Waals surface area (Å²) in [5, 5.41) is 11.5. The number of aliphatic hydroxyl groups excluding tert-OH is 1. The van der Waals surface area contributed by atoms with Gasteiger partial charge in [-0.25, -0.2) is 4.79 Å². The van der Waals surface area contributed by atoms with Gasteiger partial charge in [-0.2, -0.15) is 8.78 Å². The molecule has 0 aromatic heterocycles. The Morgan fingerprint density at radius 2 is 2.14 bits per heavy atom. The Kier molecular flexibility index (Phi) is 6.64. The summed E-state index contributed by atoms with van der Waals surface area (Å²) >= 11 is 5.73. The summed E-state index contributed by atoms with van der Waals surface area (Å²) in [4.78, 5) is 13.4. The van der Waals surface area contributed by atoms with Crippen LogP contribution < -0.4 is 10.1 Å². The molecule has 0 atom stereocenters. The highest BCUT2D eigenvalue weighted by molar-refractivity contribution is 6.32. The third-order valence-electron chi connectivity index (χ3n) is 2.62. The average molecular weight is 323 g/mol. The zero-order chi connectivity index (χ0) is 16.0. The molecule has 2 N–H and O–H groups in total. The molecule has 0 saturated heterocycles. The first kappa shape index (κ1) is 17.5. The number of nitrogens with zero attached hydrogens (tertiary/aromatic N) is 1. The number of benzene rings is 1. The first-order chi connectivity index (χ1) is 9.85. The van der Waals surface area contributed by atoms with Crippen LogP contribution in [0.4, 0.5) is 19.3 Å². The molecule has 0 spiro atoms. The number of alkyl halides is 2. The topological polar surface area (TPSA) is 61.8 Å². The van der Waals surface area contributed by atoms with Gasteiger partial charge in [-0.05, 0) is 26.0 Å². The van der Waals surface area contributed by atoms with Crippen LogP contribution in [0.2, 0.25) is 5.02 Å². The van der Waals surface area contributed by atoms with E-state index < -0.39 is 12.6 Å². The maximum absolute atomic E-state index is 12.2. The molecule has 1 rings (SSSR count). The fraction of sp³-hybridized carbons (Fsp3) is 0.462. The molecule has 1 aromatic carbocycles. The Hall–Kier alpha value is -1.60. The van der Waals surface area contributed by atoms with E-state index in [1.54, 1.807) is 13.8 Å². The summed E-state index contributed by atoms with van der Waals surface area (Å²) in [5.41, 5.74) is 0.267. The zero-order valence-corrected chi connectivity index (χ0v) is 12.4. The summed E-state index contributed by atoms with van der Waals surface area (Å²) in [7, 11) is 0. The van der Waals surface area contributed by atoms with Crippen molar-refractivity contribution in [3.8, 4) is 5.75 Å². The second kappa shape index (κ2) is 7.99. The average Bonchev–Trinajstić information content (AvgIpc) is 2.38. The molecule has 8 heteroatoms. The number of carbonyl (C=O) groups is 1. The van der Waals surface area contributed by atoms with Crippen LogP contribution in [-0.4, -0.2) is 41.8 Å². The van der Waals surface area contributed by atoms with Crippen LogP contribution in [0.15, 0.2) is 18.2 Å². The third kappa shape index (κ3) is 5.35. The SMILES string of the molecule is CC(C)N(CCO)C(=O)Nc1ccc(Cl)c(OC(F)F)c1. The van der Waals surface area contributed by atoms with Crippen LogP contribution >= 0.6 is 11.6 Å². The highest BCUT2D eigenvalue weighted by Gasteiger charge is 2.17. The molecule has 0 bridgehead atoms. The number of rotatable bonds is 6. The molecule has 0 fully saturated rings. The predicted molar refractivity (Wildman–Crippen MR) is 76.0 cm³/mol. The Labute approximate surface area is 126 Å². The molecular formula is C13H17ClF2N2O3. The van der Waals surface area contributed by atoms with Crippen molar-refractivity contribution in [2.24, 2.45) is 0 Å². The molecule has 118 valence electrons. The first-order valence-corrected chi connectivity index (χ1v) is 6.65. The second-order valence-corrected chi connectivity index (χ2v) is 4.87. The minimum atomic E-state index is -3.00. The first-order valence-electron chi connectivity index (χ1n) is 6.28. The summed E-state index contributed by atoms with van der Waals surface area (Å²) in [6.45, 7) is 0.573. The number of hydrogen-bond acceptors (Lipinski definition) is 3. The van der Waals surface area contributed by atoms with Crippen molar-refractivity contribution in [3.05, 3.63) is 23.2 Å². The van der Waals surface area contributed by atoms with E-state index in [1.807, 2.05) is 0 Å². The fourth-order valence-corrected chi connectivity index (χ4v) is 1.83. The summed E-state index contributed by atoms with van der Waals surface area (Å²) in [6.07, 6.45) is 0. The lowest BCUT2D eigenvalue weighted by Crippen LogP contribution is -2.41. The predicted octanol–water partition coefficient (Wildman–Crippen LogP) is 3.18. The molecule has 21 heavy (non-hydrogen) atoms. The fourth-order valence-electron chi connectivity index (χ4n) is 1.66. The van der Waals surface area contributed by atoms with E-state index in [2.05, 4.69) is 10.1 Å². The van der Waals surface area contributed by atoms with Gasteiger partial charge >= 0.3 is 12.6 Å². The normalized spacial score (nSPS) is 10.9. The molecule has 1 aromatic rings. The van der Waals surface area contributed by atoms with E-state index in [0.29, 0.717) is 0 Å². The number of anilines is 1. The lowest BCUT2D eigenvalue weighted by Gasteiger charge is -2.26. The highest BCUT2D eigenvalue weighted by Crippen LogP contribution is 2.29. The van der Waals surface area contributed by atoms with Crippen molar-refractivity contribution in [2.45, 2.75) is 26.5 Å². The number of amides is 2. The van der Waals surface area contributed by atoms with Crippen LogP contribution in [0.1, 0.15) is 13.8 Å². The van der Waals surface area contributed by atoms with Gasteiger partial charge in [-0.3, -0.25) is 0 Å². The van der Waals surface area contributed by atoms with Crippen LogP contribution in [0, 0.1) is 0 Å². The molecule has 2 amide bonds. The lowest BCUT2D eigenvalue weighted by atomic mass is 10.3. The van der Waals surface area contributed by atoms with E-state index >= 15 is 0 Å². The number of halogens is 3. The minimum Gasteiger partial charge on any atom is -0.433 e. The monoisotopic (exact) mass is 322 g/mol. The number of hydrogen-bond donors (Lipinski definition) is 2. The number of ether oxygens (including phenoxy) is 1. The van der Waals surface area contributed by atoms with Gasteiger partial charge < -0.3 is 20.1 Å². The maximum atomic E-state index is 12.2. The largest absolute Gasteiger partial charge is 0.433 e. The Bertz CT molecular complexity index is 486. The number of aliphatic hydroxyl groups is 1. The molecule has 5 nitrogen and oxygen atoms in total.